The van der Waals surface area contributed by atoms with Gasteiger partial charge in [-0.25, -0.2) is 4.39 Å². The quantitative estimate of drug-likeness (QED) is 0.543. The van der Waals surface area contributed by atoms with Crippen LogP contribution in [-0.4, -0.2) is 41.4 Å². The third-order valence-corrected chi connectivity index (χ3v) is 6.73. The van der Waals surface area contributed by atoms with E-state index in [9.17, 15) is 9.18 Å². The maximum Gasteiger partial charge on any atom is 0.148 e. The van der Waals surface area contributed by atoms with Crippen LogP contribution in [-0.2, 0) is 4.79 Å². The Labute approximate surface area is 182 Å². The maximum atomic E-state index is 13.3. The van der Waals surface area contributed by atoms with Gasteiger partial charge in [0.15, 0.2) is 0 Å². The lowest BCUT2D eigenvalue weighted by molar-refractivity contribution is -0.116. The van der Waals surface area contributed by atoms with Crippen molar-refractivity contribution >= 4 is 29.6 Å². The van der Waals surface area contributed by atoms with Crippen molar-refractivity contribution in [2.75, 3.05) is 25.0 Å². The zero-order valence-corrected chi connectivity index (χ0v) is 17.9. The first-order valence-corrected chi connectivity index (χ1v) is 10.7. The third-order valence-electron chi connectivity index (χ3n) is 6.25. The first-order valence-electron chi connectivity index (χ1n) is 10.3. The number of hydrogen-bond donors (Lipinski definition) is 2. The molecule has 1 fully saturated rings. The summed E-state index contributed by atoms with van der Waals surface area (Å²) in [6.45, 7) is 3.85. The maximum absolute atomic E-state index is 13.3. The van der Waals surface area contributed by atoms with Gasteiger partial charge in [0.05, 0.1) is 17.3 Å². The largest absolute Gasteiger partial charge is 0.357 e. The van der Waals surface area contributed by atoms with Crippen LogP contribution in [0.25, 0.3) is 0 Å². The van der Waals surface area contributed by atoms with Gasteiger partial charge in [0.1, 0.15) is 17.6 Å². The molecule has 1 N–H and O–H groups in total. The Morgan fingerprint density at radius 1 is 1.13 bits per heavy atom. The van der Waals surface area contributed by atoms with E-state index in [4.69, 9.17) is 0 Å². The number of nitrogens with zero attached hydrogens (tertiary/aromatic N) is 2. The standard InChI is InChI=1S/C24H26FN3OS/c1-17-22(27-21-5-3-2-4-6-21)24(16-29,15-26-23(17)30)28-13-11-19(12-14-28)18-7-9-20(25)10-8-18/h2-10,16,19,27H,11-15H2,1H3,(H,26,30). The highest BCUT2D eigenvalue weighted by atomic mass is 32.1. The molecule has 2 aromatic rings. The average molecular weight is 424 g/mol. The number of benzene rings is 2. The summed E-state index contributed by atoms with van der Waals surface area (Å²) in [7, 11) is 0. The van der Waals surface area contributed by atoms with Crippen molar-refractivity contribution in [1.29, 1.82) is 0 Å². The predicted molar refractivity (Wildman–Crippen MR) is 123 cm³/mol. The monoisotopic (exact) mass is 423 g/mol. The zero-order valence-electron chi connectivity index (χ0n) is 17.0. The number of dihydropyridines is 1. The van der Waals surface area contributed by atoms with Gasteiger partial charge in [-0.15, -0.1) is 12.6 Å². The Kier molecular flexibility index (Phi) is 6.06. The second-order valence-corrected chi connectivity index (χ2v) is 8.41. The molecule has 1 saturated heterocycles. The fourth-order valence-corrected chi connectivity index (χ4v) is 4.66. The Morgan fingerprint density at radius 2 is 1.80 bits per heavy atom. The minimum Gasteiger partial charge on any atom is -0.357 e. The highest BCUT2D eigenvalue weighted by Crippen LogP contribution is 2.37. The Hall–Kier alpha value is -2.44. The van der Waals surface area contributed by atoms with Gasteiger partial charge in [-0.1, -0.05) is 30.3 Å². The van der Waals surface area contributed by atoms with Crippen LogP contribution >= 0.6 is 12.6 Å². The fourth-order valence-electron chi connectivity index (χ4n) is 4.47. The van der Waals surface area contributed by atoms with Crippen molar-refractivity contribution < 1.29 is 9.18 Å². The summed E-state index contributed by atoms with van der Waals surface area (Å²) < 4.78 is 13.3. The number of carbonyl (C=O) groups excluding carboxylic acids is 1. The number of thiol groups is 1. The molecule has 30 heavy (non-hydrogen) atoms. The molecule has 2 aliphatic rings. The van der Waals surface area contributed by atoms with Crippen LogP contribution in [0, 0.1) is 5.82 Å². The Balaban J connectivity index is 1.59. The van der Waals surface area contributed by atoms with E-state index >= 15 is 0 Å². The van der Waals surface area contributed by atoms with Gasteiger partial charge in [-0.3, -0.25) is 9.89 Å². The van der Waals surface area contributed by atoms with Crippen molar-refractivity contribution in [3.05, 3.63) is 77.2 Å². The van der Waals surface area contributed by atoms with E-state index in [1.807, 2.05) is 49.4 Å². The van der Waals surface area contributed by atoms with Gasteiger partial charge in [0.25, 0.3) is 0 Å². The van der Waals surface area contributed by atoms with Crippen molar-refractivity contribution in [3.63, 3.8) is 0 Å². The van der Waals surface area contributed by atoms with E-state index in [2.05, 4.69) is 27.8 Å². The van der Waals surface area contributed by atoms with Crippen LogP contribution in [0.2, 0.25) is 0 Å². The third kappa shape index (κ3) is 3.94. The molecule has 2 aromatic carbocycles. The van der Waals surface area contributed by atoms with E-state index in [0.717, 1.165) is 54.7 Å². The van der Waals surface area contributed by atoms with Gasteiger partial charge in [-0.05, 0) is 55.5 Å². The van der Waals surface area contributed by atoms with Crippen LogP contribution < -0.4 is 5.32 Å². The van der Waals surface area contributed by atoms with Gasteiger partial charge in [0.2, 0.25) is 0 Å². The summed E-state index contributed by atoms with van der Waals surface area (Å²) in [6.07, 6.45) is 2.86. The number of halogens is 1. The molecule has 0 amide bonds. The summed E-state index contributed by atoms with van der Waals surface area (Å²) in [5, 5.41) is 4.14. The number of rotatable bonds is 5. The van der Waals surface area contributed by atoms with Gasteiger partial charge in [-0.2, -0.15) is 0 Å². The summed E-state index contributed by atoms with van der Waals surface area (Å²) in [5.41, 5.74) is 3.00. The Bertz CT molecular complexity index is 966. The molecule has 156 valence electrons. The summed E-state index contributed by atoms with van der Waals surface area (Å²) >= 11 is 4.52. The molecule has 0 aromatic heterocycles. The second-order valence-electron chi connectivity index (χ2n) is 7.99. The lowest BCUT2D eigenvalue weighted by atomic mass is 9.83. The van der Waals surface area contributed by atoms with Crippen molar-refractivity contribution in [1.82, 2.24) is 4.90 Å². The molecule has 0 aliphatic carbocycles. The van der Waals surface area contributed by atoms with E-state index in [0.29, 0.717) is 17.5 Å². The lowest BCUT2D eigenvalue weighted by Crippen LogP contribution is -2.59. The van der Waals surface area contributed by atoms with Crippen molar-refractivity contribution in [2.24, 2.45) is 4.99 Å². The number of para-hydroxylation sites is 1. The number of hydrogen-bond acceptors (Lipinski definition) is 4. The molecule has 0 saturated carbocycles. The SMILES string of the molecule is CC1=C(Nc2ccccc2)C(C=O)(N2CCC(c3ccc(F)cc3)CC2)CN=C1S. The van der Waals surface area contributed by atoms with E-state index in [1.54, 1.807) is 0 Å². The van der Waals surface area contributed by atoms with Crippen LogP contribution in [0.1, 0.15) is 31.2 Å². The number of aliphatic imine (C=N–C) groups is 1. The smallest absolute Gasteiger partial charge is 0.148 e. The molecule has 0 radical (unpaired) electrons. The molecule has 2 heterocycles. The molecule has 0 spiro atoms. The summed E-state index contributed by atoms with van der Waals surface area (Å²) in [4.78, 5) is 19.4. The van der Waals surface area contributed by atoms with E-state index in [-0.39, 0.29) is 5.82 Å². The highest BCUT2D eigenvalue weighted by molar-refractivity contribution is 7.97. The topological polar surface area (TPSA) is 44.7 Å². The molecule has 1 unspecified atom stereocenters. The van der Waals surface area contributed by atoms with Crippen LogP contribution in [0.15, 0.2) is 70.9 Å². The molecule has 6 heteroatoms. The normalized spacial score (nSPS) is 23.2. The number of nitrogens with one attached hydrogen (secondary N) is 1. The molecular weight excluding hydrogens is 397 g/mol. The van der Waals surface area contributed by atoms with Crippen LogP contribution in [0.4, 0.5) is 10.1 Å². The number of anilines is 1. The highest BCUT2D eigenvalue weighted by Gasteiger charge is 2.45. The second kappa shape index (κ2) is 8.74. The minimum absolute atomic E-state index is 0.212. The number of aldehydes is 1. The van der Waals surface area contributed by atoms with E-state index < -0.39 is 5.54 Å². The van der Waals surface area contributed by atoms with Gasteiger partial charge < -0.3 is 10.1 Å². The molecule has 1 atom stereocenters. The molecule has 4 nitrogen and oxygen atoms in total. The number of piperidine rings is 1. The number of carbonyl (C=O) groups is 1. The average Bonchev–Trinajstić information content (AvgIpc) is 2.79. The molecule has 0 bridgehead atoms. The first kappa shape index (κ1) is 20.8. The summed E-state index contributed by atoms with van der Waals surface area (Å²) in [5.74, 6) is 0.157. The first-order chi connectivity index (χ1) is 14.5. The van der Waals surface area contributed by atoms with Crippen molar-refractivity contribution in [2.45, 2.75) is 31.2 Å². The van der Waals surface area contributed by atoms with Crippen LogP contribution in [0.5, 0.6) is 0 Å². The Morgan fingerprint density at radius 3 is 2.43 bits per heavy atom. The molecule has 2 aliphatic heterocycles. The minimum atomic E-state index is -0.833. The molecule has 4 rings (SSSR count). The lowest BCUT2D eigenvalue weighted by Gasteiger charge is -2.46. The van der Waals surface area contributed by atoms with Crippen molar-refractivity contribution in [3.8, 4) is 0 Å². The number of likely N-dealkylation sites (tertiary alicyclic amines) is 1. The van der Waals surface area contributed by atoms with E-state index in [1.165, 1.54) is 12.1 Å². The zero-order chi connectivity index (χ0) is 21.1. The van der Waals surface area contributed by atoms with Crippen LogP contribution in [0.3, 0.4) is 0 Å². The molecular formula is C24H26FN3OS. The van der Waals surface area contributed by atoms with Gasteiger partial charge >= 0.3 is 0 Å². The summed E-state index contributed by atoms with van der Waals surface area (Å²) in [6, 6.07) is 16.7. The predicted octanol–water partition coefficient (Wildman–Crippen LogP) is 4.67. The van der Waals surface area contributed by atoms with Gasteiger partial charge in [0, 0.05) is 24.4 Å². The fraction of sp³-hybridized carbons (Fsp3) is 0.333.